The quantitative estimate of drug-likeness (QED) is 0.652. The van der Waals surface area contributed by atoms with E-state index in [1.165, 1.54) is 22.9 Å². The molecule has 5 nitrogen and oxygen atoms in total. The zero-order valence-electron chi connectivity index (χ0n) is 21.4. The summed E-state index contributed by atoms with van der Waals surface area (Å²) in [6.45, 7) is 4.33. The van der Waals surface area contributed by atoms with Gasteiger partial charge in [0.05, 0.1) is 11.4 Å². The molecule has 0 aromatic heterocycles. The van der Waals surface area contributed by atoms with E-state index in [-0.39, 0.29) is 22.2 Å². The normalized spacial score (nSPS) is 27.3. The first kappa shape index (κ1) is 24.9. The second-order valence-corrected chi connectivity index (χ2v) is 13.8. The van der Waals surface area contributed by atoms with E-state index >= 15 is 0 Å². The number of fused-ring (bicyclic) bond motifs is 4. The average molecular weight is 497 g/mol. The molecule has 2 atom stereocenters. The lowest BCUT2D eigenvalue weighted by Gasteiger charge is -2.41. The van der Waals surface area contributed by atoms with Gasteiger partial charge in [0.1, 0.15) is 0 Å². The standard InChI is InChI=1S/C15H21NO2S.C14H19NO/c1-16-9-7-15(8-10-16)11-14(19(2,17)18)12-5-3-4-6-13(12)15;1-15-8-6-14(7-9-15)12-5-3-2-4-11(12)10-13(14)16/h3-6,14H,7-11H2,1-2H3;2-5,13,16H,6-10H2,1H3. The second kappa shape index (κ2) is 9.29. The Hall–Kier alpha value is -1.73. The minimum atomic E-state index is -3.02. The lowest BCUT2D eigenvalue weighted by molar-refractivity contribution is 0.0500. The van der Waals surface area contributed by atoms with E-state index in [1.54, 1.807) is 0 Å². The zero-order chi connectivity index (χ0) is 24.8. The van der Waals surface area contributed by atoms with Crippen molar-refractivity contribution in [1.29, 1.82) is 0 Å². The first-order chi connectivity index (χ1) is 16.6. The van der Waals surface area contributed by atoms with Crippen molar-refractivity contribution in [2.75, 3.05) is 46.5 Å². The van der Waals surface area contributed by atoms with E-state index in [4.69, 9.17) is 0 Å². The van der Waals surface area contributed by atoms with Crippen molar-refractivity contribution in [3.63, 3.8) is 0 Å². The Labute approximate surface area is 211 Å². The van der Waals surface area contributed by atoms with Crippen LogP contribution in [0.3, 0.4) is 0 Å². The average Bonchev–Trinajstić information content (AvgIpc) is 3.31. The van der Waals surface area contributed by atoms with Crippen LogP contribution in [-0.2, 0) is 27.1 Å². The van der Waals surface area contributed by atoms with Gasteiger partial charge in [-0.2, -0.15) is 0 Å². The van der Waals surface area contributed by atoms with Crippen molar-refractivity contribution in [3.05, 3.63) is 70.8 Å². The number of hydrogen-bond acceptors (Lipinski definition) is 5. The summed E-state index contributed by atoms with van der Waals surface area (Å²) in [6.07, 6.45) is 7.18. The molecule has 2 aliphatic carbocycles. The number of sulfone groups is 1. The number of nitrogens with zero attached hydrogens (tertiary/aromatic N) is 2. The molecule has 0 bridgehead atoms. The number of hydrogen-bond donors (Lipinski definition) is 1. The number of rotatable bonds is 1. The van der Waals surface area contributed by atoms with Gasteiger partial charge in [0.25, 0.3) is 0 Å². The Balaban J connectivity index is 0.000000147. The van der Waals surface area contributed by atoms with Crippen molar-refractivity contribution >= 4 is 9.84 Å². The van der Waals surface area contributed by atoms with Crippen LogP contribution < -0.4 is 0 Å². The van der Waals surface area contributed by atoms with Crippen molar-refractivity contribution in [2.24, 2.45) is 0 Å². The van der Waals surface area contributed by atoms with Crippen molar-refractivity contribution in [1.82, 2.24) is 9.80 Å². The molecule has 2 saturated heterocycles. The van der Waals surface area contributed by atoms with Crippen molar-refractivity contribution < 1.29 is 13.5 Å². The molecular weight excluding hydrogens is 456 g/mol. The minimum absolute atomic E-state index is 0.0586. The Morgan fingerprint density at radius 1 is 0.829 bits per heavy atom. The number of piperidine rings is 2. The highest BCUT2D eigenvalue weighted by molar-refractivity contribution is 7.90. The maximum absolute atomic E-state index is 12.1. The highest BCUT2D eigenvalue weighted by Gasteiger charge is 2.48. The molecule has 190 valence electrons. The molecule has 35 heavy (non-hydrogen) atoms. The van der Waals surface area contributed by atoms with E-state index < -0.39 is 9.84 Å². The Morgan fingerprint density at radius 2 is 1.37 bits per heavy atom. The summed E-state index contributed by atoms with van der Waals surface area (Å²) >= 11 is 0. The number of aliphatic hydroxyl groups excluding tert-OH is 1. The molecular formula is C29H40N2O3S. The Bertz CT molecular complexity index is 1160. The third kappa shape index (κ3) is 4.48. The first-order valence-electron chi connectivity index (χ1n) is 13.1. The van der Waals surface area contributed by atoms with Gasteiger partial charge in [-0.25, -0.2) is 8.42 Å². The summed E-state index contributed by atoms with van der Waals surface area (Å²) in [7, 11) is 1.29. The summed E-state index contributed by atoms with van der Waals surface area (Å²) in [5.74, 6) is 0. The largest absolute Gasteiger partial charge is 0.392 e. The van der Waals surface area contributed by atoms with Gasteiger partial charge in [-0.05, 0) is 106 Å². The molecule has 6 heteroatoms. The maximum Gasteiger partial charge on any atom is 0.154 e. The first-order valence-corrected chi connectivity index (χ1v) is 15.0. The van der Waals surface area contributed by atoms with E-state index in [0.29, 0.717) is 0 Å². The van der Waals surface area contributed by atoms with Crippen molar-refractivity contribution in [3.8, 4) is 0 Å². The van der Waals surface area contributed by atoms with Crippen LogP contribution in [0.15, 0.2) is 48.5 Å². The van der Waals surface area contributed by atoms with E-state index in [0.717, 1.165) is 70.3 Å². The zero-order valence-corrected chi connectivity index (χ0v) is 22.2. The van der Waals surface area contributed by atoms with E-state index in [2.05, 4.69) is 54.2 Å². The lowest BCUT2D eigenvalue weighted by Crippen LogP contribution is -2.46. The molecule has 2 aromatic rings. The Morgan fingerprint density at radius 3 is 2.00 bits per heavy atom. The molecule has 0 saturated carbocycles. The smallest absolute Gasteiger partial charge is 0.154 e. The summed E-state index contributed by atoms with van der Waals surface area (Å²) in [6, 6.07) is 16.7. The molecule has 2 aromatic carbocycles. The van der Waals surface area contributed by atoms with Crippen LogP contribution in [-0.4, -0.2) is 76.0 Å². The highest BCUT2D eigenvalue weighted by atomic mass is 32.2. The fourth-order valence-corrected chi connectivity index (χ4v) is 8.41. The van der Waals surface area contributed by atoms with Gasteiger partial charge in [-0.15, -0.1) is 0 Å². The van der Waals surface area contributed by atoms with Gasteiger partial charge in [0.2, 0.25) is 0 Å². The molecule has 4 aliphatic rings. The number of likely N-dealkylation sites (tertiary alicyclic amines) is 2. The van der Waals surface area contributed by atoms with Crippen LogP contribution in [0.25, 0.3) is 0 Å². The topological polar surface area (TPSA) is 60.9 Å². The van der Waals surface area contributed by atoms with Crippen LogP contribution in [0.5, 0.6) is 0 Å². The van der Waals surface area contributed by atoms with Crippen molar-refractivity contribution in [2.45, 2.75) is 60.7 Å². The molecule has 0 amide bonds. The molecule has 2 aliphatic heterocycles. The van der Waals surface area contributed by atoms with Crippen LogP contribution in [0.2, 0.25) is 0 Å². The lowest BCUT2D eigenvalue weighted by atomic mass is 9.72. The van der Waals surface area contributed by atoms with Crippen LogP contribution in [0, 0.1) is 0 Å². The van der Waals surface area contributed by atoms with Gasteiger partial charge in [-0.3, -0.25) is 0 Å². The van der Waals surface area contributed by atoms with E-state index in [1.807, 2.05) is 18.2 Å². The molecule has 2 unspecified atom stereocenters. The maximum atomic E-state index is 12.1. The molecule has 1 N–H and O–H groups in total. The van der Waals surface area contributed by atoms with Crippen LogP contribution in [0.4, 0.5) is 0 Å². The fraction of sp³-hybridized carbons (Fsp3) is 0.586. The fourth-order valence-electron chi connectivity index (χ4n) is 7.12. The molecule has 2 spiro atoms. The third-order valence-corrected chi connectivity index (χ3v) is 10.9. The second-order valence-electron chi connectivity index (χ2n) is 11.5. The summed E-state index contributed by atoms with van der Waals surface area (Å²) < 4.78 is 24.2. The van der Waals surface area contributed by atoms with Gasteiger partial charge < -0.3 is 14.9 Å². The molecule has 6 rings (SSSR count). The van der Waals surface area contributed by atoms with Gasteiger partial charge in [0.15, 0.2) is 9.84 Å². The SMILES string of the molecule is CN1CCC2(CC1)CC(S(C)(=O)=O)c1ccccc12.CN1CCC2(CC1)c1ccccc1CC2O. The Kier molecular flexibility index (Phi) is 6.62. The monoisotopic (exact) mass is 496 g/mol. The molecule has 0 radical (unpaired) electrons. The summed E-state index contributed by atoms with van der Waals surface area (Å²) in [5, 5.41) is 10.1. The number of aliphatic hydroxyl groups is 1. The van der Waals surface area contributed by atoms with Crippen LogP contribution in [0.1, 0.15) is 59.6 Å². The summed E-state index contributed by atoms with van der Waals surface area (Å²) in [5.41, 5.74) is 5.27. The highest BCUT2D eigenvalue weighted by Crippen LogP contribution is 2.53. The summed E-state index contributed by atoms with van der Waals surface area (Å²) in [4.78, 5) is 4.69. The predicted molar refractivity (Wildman–Crippen MR) is 142 cm³/mol. The molecule has 2 fully saturated rings. The van der Waals surface area contributed by atoms with Crippen LogP contribution >= 0.6 is 0 Å². The number of benzene rings is 2. The predicted octanol–water partition coefficient (Wildman–Crippen LogP) is 3.71. The minimum Gasteiger partial charge on any atom is -0.392 e. The van der Waals surface area contributed by atoms with Gasteiger partial charge in [-0.1, -0.05) is 48.5 Å². The van der Waals surface area contributed by atoms with E-state index in [9.17, 15) is 13.5 Å². The van der Waals surface area contributed by atoms with Gasteiger partial charge in [0, 0.05) is 11.7 Å². The molecule has 2 heterocycles. The van der Waals surface area contributed by atoms with Gasteiger partial charge >= 0.3 is 0 Å². The third-order valence-electron chi connectivity index (χ3n) is 9.40.